The number of hydrogen-bond acceptors (Lipinski definition) is 1. The Morgan fingerprint density at radius 3 is 1.30 bits per heavy atom. The predicted molar refractivity (Wildman–Crippen MR) is 159 cm³/mol. The van der Waals surface area contributed by atoms with Crippen LogP contribution in [0.3, 0.4) is 0 Å². The van der Waals surface area contributed by atoms with Gasteiger partial charge in [0, 0.05) is 0 Å². The third kappa shape index (κ3) is 3.31. The molecule has 0 aliphatic heterocycles. The normalized spacial score (nSPS) is 11.8. The lowest BCUT2D eigenvalue weighted by Crippen LogP contribution is -1.92. The summed E-state index contributed by atoms with van der Waals surface area (Å²) in [5.41, 5.74) is 8.87. The highest BCUT2D eigenvalue weighted by Gasteiger charge is 2.17. The fourth-order valence-electron chi connectivity index (χ4n) is 5.99. The highest BCUT2D eigenvalue weighted by molar-refractivity contribution is 6.34. The molecular formula is C36H28O. The molecule has 0 N–H and O–H groups in total. The van der Waals surface area contributed by atoms with Crippen molar-refractivity contribution in [3.63, 3.8) is 0 Å². The third-order valence-corrected chi connectivity index (χ3v) is 8.05. The molecule has 0 spiro atoms. The lowest BCUT2D eigenvalue weighted by molar-refractivity contribution is 0.415. The van der Waals surface area contributed by atoms with E-state index in [2.05, 4.69) is 106 Å². The fourth-order valence-corrected chi connectivity index (χ4v) is 5.99. The van der Waals surface area contributed by atoms with Gasteiger partial charge in [-0.3, -0.25) is 0 Å². The van der Waals surface area contributed by atoms with Gasteiger partial charge in [-0.2, -0.15) is 0 Å². The smallest absolute Gasteiger partial charge is 0.118 e. The zero-order chi connectivity index (χ0) is 25.3. The molecule has 0 unspecified atom stereocenters. The summed E-state index contributed by atoms with van der Waals surface area (Å²) in [4.78, 5) is 0. The van der Waals surface area contributed by atoms with Crippen molar-refractivity contribution in [3.8, 4) is 28.0 Å². The molecule has 0 atom stereocenters. The molecule has 37 heavy (non-hydrogen) atoms. The van der Waals surface area contributed by atoms with Crippen LogP contribution in [0.5, 0.6) is 5.75 Å². The molecule has 0 amide bonds. The Morgan fingerprint density at radius 2 is 0.838 bits per heavy atom. The molecule has 178 valence electrons. The second-order valence-electron chi connectivity index (χ2n) is 10.3. The van der Waals surface area contributed by atoms with Crippen LogP contribution in [0.2, 0.25) is 0 Å². The highest BCUT2D eigenvalue weighted by Crippen LogP contribution is 2.45. The van der Waals surface area contributed by atoms with Gasteiger partial charge in [0.05, 0.1) is 7.11 Å². The van der Waals surface area contributed by atoms with Crippen molar-refractivity contribution in [2.75, 3.05) is 7.11 Å². The molecule has 0 heterocycles. The molecular weight excluding hydrogens is 448 g/mol. The van der Waals surface area contributed by atoms with Crippen LogP contribution in [0, 0.1) is 20.8 Å². The van der Waals surface area contributed by atoms with Gasteiger partial charge in [0.1, 0.15) is 5.75 Å². The number of rotatable bonds is 3. The van der Waals surface area contributed by atoms with E-state index >= 15 is 0 Å². The van der Waals surface area contributed by atoms with Crippen LogP contribution in [0.25, 0.3) is 65.3 Å². The molecule has 0 saturated carbocycles. The molecule has 1 heteroatoms. The Kier molecular flexibility index (Phi) is 4.78. The minimum Gasteiger partial charge on any atom is -0.497 e. The first-order chi connectivity index (χ1) is 18.0. The van der Waals surface area contributed by atoms with Crippen LogP contribution in [0.1, 0.15) is 16.7 Å². The number of aryl methyl sites for hydroxylation is 3. The predicted octanol–water partition coefficient (Wildman–Crippen LogP) is 10.0. The van der Waals surface area contributed by atoms with Crippen LogP contribution >= 0.6 is 0 Å². The van der Waals surface area contributed by atoms with Gasteiger partial charge in [0.2, 0.25) is 0 Å². The van der Waals surface area contributed by atoms with Gasteiger partial charge in [-0.05, 0) is 134 Å². The van der Waals surface area contributed by atoms with Crippen LogP contribution < -0.4 is 4.74 Å². The van der Waals surface area contributed by atoms with Crippen LogP contribution in [-0.2, 0) is 0 Å². The number of hydrogen-bond donors (Lipinski definition) is 0. The zero-order valence-corrected chi connectivity index (χ0v) is 21.6. The maximum atomic E-state index is 5.40. The average molecular weight is 477 g/mol. The molecule has 0 saturated heterocycles. The van der Waals surface area contributed by atoms with Gasteiger partial charge in [-0.15, -0.1) is 0 Å². The van der Waals surface area contributed by atoms with Gasteiger partial charge >= 0.3 is 0 Å². The molecule has 7 rings (SSSR count). The van der Waals surface area contributed by atoms with Crippen molar-refractivity contribution in [1.29, 1.82) is 0 Å². The number of ether oxygens (including phenoxy) is 1. The van der Waals surface area contributed by atoms with Gasteiger partial charge in [-0.25, -0.2) is 0 Å². The summed E-state index contributed by atoms with van der Waals surface area (Å²) in [6, 6.07) is 36.0. The van der Waals surface area contributed by atoms with E-state index in [1.165, 1.54) is 82.0 Å². The molecule has 1 nitrogen and oxygen atoms in total. The summed E-state index contributed by atoms with van der Waals surface area (Å²) in [7, 11) is 1.71. The third-order valence-electron chi connectivity index (χ3n) is 8.05. The van der Waals surface area contributed by atoms with E-state index in [-0.39, 0.29) is 0 Å². The summed E-state index contributed by atoms with van der Waals surface area (Å²) in [5, 5.41) is 10.7. The molecule has 7 aromatic carbocycles. The molecule has 7 aromatic rings. The zero-order valence-electron chi connectivity index (χ0n) is 21.6. The summed E-state index contributed by atoms with van der Waals surface area (Å²) in [6.07, 6.45) is 0. The maximum absolute atomic E-state index is 5.40. The summed E-state index contributed by atoms with van der Waals surface area (Å²) < 4.78 is 5.40. The highest BCUT2D eigenvalue weighted by atomic mass is 16.5. The lowest BCUT2D eigenvalue weighted by atomic mass is 9.84. The summed E-state index contributed by atoms with van der Waals surface area (Å²) in [5.74, 6) is 0.878. The Bertz CT molecular complexity index is 1960. The van der Waals surface area contributed by atoms with Crippen molar-refractivity contribution in [2.45, 2.75) is 20.8 Å². The second-order valence-corrected chi connectivity index (χ2v) is 10.3. The summed E-state index contributed by atoms with van der Waals surface area (Å²) in [6.45, 7) is 6.60. The maximum Gasteiger partial charge on any atom is 0.118 e. The Labute approximate surface area is 217 Å². The van der Waals surface area contributed by atoms with Crippen molar-refractivity contribution < 1.29 is 4.74 Å². The Hall–Kier alpha value is -4.36. The largest absolute Gasteiger partial charge is 0.497 e. The van der Waals surface area contributed by atoms with Gasteiger partial charge in [0.15, 0.2) is 0 Å². The second kappa shape index (κ2) is 8.08. The van der Waals surface area contributed by atoms with Crippen molar-refractivity contribution >= 4 is 43.1 Å². The quantitative estimate of drug-likeness (QED) is 0.182. The topological polar surface area (TPSA) is 9.23 Å². The van der Waals surface area contributed by atoms with Crippen LogP contribution in [0.4, 0.5) is 0 Å². The first-order valence-electron chi connectivity index (χ1n) is 12.9. The van der Waals surface area contributed by atoms with Crippen LogP contribution in [-0.4, -0.2) is 7.11 Å². The van der Waals surface area contributed by atoms with Gasteiger partial charge < -0.3 is 4.74 Å². The minimum atomic E-state index is 0.878. The first kappa shape index (κ1) is 21.9. The van der Waals surface area contributed by atoms with E-state index in [4.69, 9.17) is 4.74 Å². The van der Waals surface area contributed by atoms with E-state index in [9.17, 15) is 0 Å². The van der Waals surface area contributed by atoms with Gasteiger partial charge in [0.25, 0.3) is 0 Å². The molecule has 0 aromatic heterocycles. The fraction of sp³-hybridized carbons (Fsp3) is 0.111. The summed E-state index contributed by atoms with van der Waals surface area (Å²) >= 11 is 0. The first-order valence-corrected chi connectivity index (χ1v) is 12.9. The number of fused-ring (bicyclic) bond motifs is 2. The minimum absolute atomic E-state index is 0.878. The SMILES string of the molecule is COc1ccc(-c2cc3c(C)ccc4c5cc(-c6ccc(C)cc6)cc6c(C)ccc(c(c2)c34)c65)cc1. The van der Waals surface area contributed by atoms with E-state index in [0.717, 1.165) is 5.75 Å². The number of methoxy groups -OCH3 is 1. The number of benzene rings is 7. The molecule has 0 radical (unpaired) electrons. The van der Waals surface area contributed by atoms with Gasteiger partial charge in [-0.1, -0.05) is 66.2 Å². The van der Waals surface area contributed by atoms with Crippen LogP contribution in [0.15, 0.2) is 97.1 Å². The molecule has 0 bridgehead atoms. The molecule has 0 fully saturated rings. The molecule has 0 aliphatic rings. The standard InChI is InChI=1S/C36H28O/c1-21-5-9-24(10-6-21)26-17-31-22(2)7-16-30-34-20-27(25-11-13-28(37-4)14-12-25)18-32-23(3)8-15-29(36(32)34)33(19-26)35(30)31/h5-20H,1-4H3. The Morgan fingerprint density at radius 1 is 0.405 bits per heavy atom. The van der Waals surface area contributed by atoms with Crippen molar-refractivity contribution in [3.05, 3.63) is 114 Å². The van der Waals surface area contributed by atoms with E-state index in [1.807, 2.05) is 12.1 Å². The van der Waals surface area contributed by atoms with E-state index < -0.39 is 0 Å². The van der Waals surface area contributed by atoms with Crippen molar-refractivity contribution in [2.24, 2.45) is 0 Å². The Balaban J connectivity index is 1.62. The lowest BCUT2D eigenvalue weighted by Gasteiger charge is -2.19. The average Bonchev–Trinajstić information content (AvgIpc) is 2.93. The monoisotopic (exact) mass is 476 g/mol. The van der Waals surface area contributed by atoms with E-state index in [0.29, 0.717) is 0 Å². The van der Waals surface area contributed by atoms with Crippen molar-refractivity contribution in [1.82, 2.24) is 0 Å². The molecule has 0 aliphatic carbocycles. The van der Waals surface area contributed by atoms with E-state index in [1.54, 1.807) is 7.11 Å².